The maximum atomic E-state index is 13.5. The molecule has 0 radical (unpaired) electrons. The van der Waals surface area contributed by atoms with Gasteiger partial charge in [0.15, 0.2) is 0 Å². The van der Waals surface area contributed by atoms with Gasteiger partial charge in [-0.25, -0.2) is 0 Å². The average molecular weight is 516 g/mol. The number of unbranched alkanes of at least 4 members (excludes halogenated alkanes) is 1. The largest absolute Gasteiger partial charge is 0.321 e. The molecule has 7 heteroatoms. The number of anilines is 2. The molecular formula is C29H26ClN3O2S. The summed E-state index contributed by atoms with van der Waals surface area (Å²) in [6, 6.07) is 26.1. The number of benzene rings is 3. The Bertz CT molecular complexity index is 1320. The summed E-state index contributed by atoms with van der Waals surface area (Å²) in [7, 11) is 0. The number of nitrogens with one attached hydrogen (secondary N) is 1. The number of hydrogen-bond acceptors (Lipinski definition) is 4. The molecule has 4 rings (SSSR count). The molecule has 1 aliphatic heterocycles. The Kier molecular flexibility index (Phi) is 8.48. The molecule has 36 heavy (non-hydrogen) atoms. The SMILES string of the molecule is CCCCc1ccc(NC(=O)/C(C#N)=C2/S[C@@H](Cc3ccccc3Cl)C(=O)N2c2ccccc2)cc1. The Morgan fingerprint density at radius 3 is 2.42 bits per heavy atom. The number of rotatable bonds is 8. The minimum Gasteiger partial charge on any atom is -0.321 e. The second-order valence-corrected chi connectivity index (χ2v) is 10.1. The lowest BCUT2D eigenvalue weighted by Gasteiger charge is -2.18. The van der Waals surface area contributed by atoms with E-state index in [1.54, 1.807) is 18.2 Å². The number of aryl methyl sites for hydroxylation is 1. The minimum absolute atomic E-state index is 0.103. The van der Waals surface area contributed by atoms with Crippen molar-refractivity contribution < 1.29 is 9.59 Å². The van der Waals surface area contributed by atoms with Crippen molar-refractivity contribution in [3.05, 3.63) is 106 Å². The number of halogens is 1. The highest BCUT2D eigenvalue weighted by Gasteiger charge is 2.41. The van der Waals surface area contributed by atoms with Crippen LogP contribution < -0.4 is 10.2 Å². The van der Waals surface area contributed by atoms with E-state index in [1.165, 1.54) is 22.2 Å². The Morgan fingerprint density at radius 1 is 1.06 bits per heavy atom. The molecule has 0 aromatic heterocycles. The zero-order valence-electron chi connectivity index (χ0n) is 19.9. The smallest absolute Gasteiger partial charge is 0.269 e. The van der Waals surface area contributed by atoms with Gasteiger partial charge in [-0.2, -0.15) is 5.26 Å². The maximum absolute atomic E-state index is 13.5. The Labute approximate surface area is 220 Å². The van der Waals surface area contributed by atoms with E-state index in [2.05, 4.69) is 12.2 Å². The van der Waals surface area contributed by atoms with E-state index in [0.29, 0.717) is 27.8 Å². The number of thioether (sulfide) groups is 1. The molecule has 182 valence electrons. The molecule has 1 fully saturated rings. The van der Waals surface area contributed by atoms with E-state index in [-0.39, 0.29) is 11.5 Å². The molecule has 0 saturated carbocycles. The lowest BCUT2D eigenvalue weighted by molar-refractivity contribution is -0.117. The van der Waals surface area contributed by atoms with E-state index >= 15 is 0 Å². The molecular weight excluding hydrogens is 490 g/mol. The lowest BCUT2D eigenvalue weighted by Crippen LogP contribution is -2.30. The molecule has 5 nitrogen and oxygen atoms in total. The third-order valence-electron chi connectivity index (χ3n) is 5.91. The second-order valence-electron chi connectivity index (χ2n) is 8.46. The fourth-order valence-electron chi connectivity index (χ4n) is 3.99. The summed E-state index contributed by atoms with van der Waals surface area (Å²) in [5.41, 5.74) is 3.14. The third kappa shape index (κ3) is 5.81. The summed E-state index contributed by atoms with van der Waals surface area (Å²) in [6.07, 6.45) is 3.58. The minimum atomic E-state index is -0.548. The predicted molar refractivity (Wildman–Crippen MR) is 147 cm³/mol. The van der Waals surface area contributed by atoms with E-state index in [9.17, 15) is 14.9 Å². The van der Waals surface area contributed by atoms with Crippen LogP contribution in [0.5, 0.6) is 0 Å². The van der Waals surface area contributed by atoms with E-state index in [0.717, 1.165) is 24.8 Å². The number of carbonyl (C=O) groups excluding carboxylic acids is 2. The van der Waals surface area contributed by atoms with Crippen LogP contribution in [0.1, 0.15) is 30.9 Å². The highest BCUT2D eigenvalue weighted by Crippen LogP contribution is 2.42. The van der Waals surface area contributed by atoms with Gasteiger partial charge < -0.3 is 5.32 Å². The number of para-hydroxylation sites is 1. The normalized spacial score (nSPS) is 16.5. The quantitative estimate of drug-likeness (QED) is 0.266. The standard InChI is InChI=1S/C29H26ClN3O2S/c1-2-3-9-20-14-16-22(17-15-20)32-27(34)24(19-31)29-33(23-11-5-4-6-12-23)28(35)26(36-29)18-21-10-7-8-13-25(21)30/h4-8,10-17,26H,2-3,9,18H2,1H3,(H,32,34)/b29-24+/t26-/m0/s1. The van der Waals surface area contributed by atoms with Gasteiger partial charge in [0.25, 0.3) is 5.91 Å². The summed E-state index contributed by atoms with van der Waals surface area (Å²) in [5.74, 6) is -0.740. The van der Waals surface area contributed by atoms with Gasteiger partial charge in [0, 0.05) is 16.4 Å². The first-order valence-corrected chi connectivity index (χ1v) is 13.1. The van der Waals surface area contributed by atoms with Gasteiger partial charge in [-0.05, 0) is 60.7 Å². The number of nitrogens with zero attached hydrogens (tertiary/aromatic N) is 2. The Balaban J connectivity index is 1.64. The van der Waals surface area contributed by atoms with Crippen LogP contribution in [0.3, 0.4) is 0 Å². The number of amides is 2. The van der Waals surface area contributed by atoms with Crippen molar-refractivity contribution in [2.75, 3.05) is 10.2 Å². The monoisotopic (exact) mass is 515 g/mol. The molecule has 2 amide bonds. The molecule has 1 atom stereocenters. The zero-order chi connectivity index (χ0) is 25.5. The maximum Gasteiger partial charge on any atom is 0.269 e. The van der Waals surface area contributed by atoms with E-state index in [4.69, 9.17) is 11.6 Å². The van der Waals surface area contributed by atoms with Gasteiger partial charge in [-0.3, -0.25) is 14.5 Å². The first-order valence-electron chi connectivity index (χ1n) is 11.9. The first kappa shape index (κ1) is 25.6. The van der Waals surface area contributed by atoms with Crippen LogP contribution in [0.15, 0.2) is 89.5 Å². The molecule has 1 heterocycles. The van der Waals surface area contributed by atoms with Crippen LogP contribution in [0.25, 0.3) is 0 Å². The third-order valence-corrected chi connectivity index (χ3v) is 7.55. The van der Waals surface area contributed by atoms with Crippen molar-refractivity contribution in [3.8, 4) is 6.07 Å². The molecule has 0 aliphatic carbocycles. The van der Waals surface area contributed by atoms with Crippen LogP contribution in [0.4, 0.5) is 11.4 Å². The fraction of sp³-hybridized carbons (Fsp3) is 0.207. The highest BCUT2D eigenvalue weighted by atomic mass is 35.5. The predicted octanol–water partition coefficient (Wildman–Crippen LogP) is 6.75. The Hall–Kier alpha value is -3.53. The van der Waals surface area contributed by atoms with Gasteiger partial charge in [0.1, 0.15) is 16.7 Å². The lowest BCUT2D eigenvalue weighted by atomic mass is 10.1. The topological polar surface area (TPSA) is 73.2 Å². The van der Waals surface area contributed by atoms with E-state index < -0.39 is 11.2 Å². The summed E-state index contributed by atoms with van der Waals surface area (Å²) in [4.78, 5) is 28.2. The summed E-state index contributed by atoms with van der Waals surface area (Å²) < 4.78 is 0. The summed E-state index contributed by atoms with van der Waals surface area (Å²) in [6.45, 7) is 2.15. The molecule has 0 bridgehead atoms. The number of carbonyl (C=O) groups is 2. The van der Waals surface area contributed by atoms with Crippen LogP contribution in [-0.2, 0) is 22.4 Å². The van der Waals surface area contributed by atoms with Crippen molar-refractivity contribution in [2.24, 2.45) is 0 Å². The molecule has 3 aromatic carbocycles. The van der Waals surface area contributed by atoms with Crippen molar-refractivity contribution >= 4 is 46.6 Å². The van der Waals surface area contributed by atoms with Gasteiger partial charge >= 0.3 is 0 Å². The number of nitriles is 1. The summed E-state index contributed by atoms with van der Waals surface area (Å²) in [5, 5.41) is 13.2. The van der Waals surface area contributed by atoms with Gasteiger partial charge in [0.05, 0.1) is 5.25 Å². The average Bonchev–Trinajstić information content (AvgIpc) is 3.21. The molecule has 1 aliphatic rings. The molecule has 3 aromatic rings. The van der Waals surface area contributed by atoms with Gasteiger partial charge in [0.2, 0.25) is 5.91 Å². The molecule has 1 N–H and O–H groups in total. The van der Waals surface area contributed by atoms with Crippen LogP contribution in [-0.4, -0.2) is 17.1 Å². The van der Waals surface area contributed by atoms with Crippen molar-refractivity contribution in [2.45, 2.75) is 37.9 Å². The Morgan fingerprint density at radius 2 is 1.75 bits per heavy atom. The second kappa shape index (κ2) is 11.9. The highest BCUT2D eigenvalue weighted by molar-refractivity contribution is 8.05. The van der Waals surface area contributed by atoms with Gasteiger partial charge in [-0.1, -0.05) is 85.2 Å². The van der Waals surface area contributed by atoms with Gasteiger partial charge in [-0.15, -0.1) is 0 Å². The molecule has 0 unspecified atom stereocenters. The van der Waals surface area contributed by atoms with Crippen LogP contribution in [0.2, 0.25) is 5.02 Å². The van der Waals surface area contributed by atoms with Crippen LogP contribution >= 0.6 is 23.4 Å². The van der Waals surface area contributed by atoms with Crippen molar-refractivity contribution in [1.82, 2.24) is 0 Å². The van der Waals surface area contributed by atoms with E-state index in [1.807, 2.05) is 66.7 Å². The molecule has 0 spiro atoms. The van der Waals surface area contributed by atoms with Crippen LogP contribution in [0, 0.1) is 11.3 Å². The first-order chi connectivity index (χ1) is 17.5. The van der Waals surface area contributed by atoms with Crippen molar-refractivity contribution in [1.29, 1.82) is 5.26 Å². The zero-order valence-corrected chi connectivity index (χ0v) is 21.5. The molecule has 1 saturated heterocycles. The van der Waals surface area contributed by atoms with Crippen molar-refractivity contribution in [3.63, 3.8) is 0 Å². The number of hydrogen-bond donors (Lipinski definition) is 1. The fourth-order valence-corrected chi connectivity index (χ4v) is 5.50. The summed E-state index contributed by atoms with van der Waals surface area (Å²) >= 11 is 7.57.